The van der Waals surface area contributed by atoms with Crippen LogP contribution in [-0.4, -0.2) is 14.0 Å². The van der Waals surface area contributed by atoms with E-state index in [1.54, 1.807) is 0 Å². The van der Waals surface area contributed by atoms with Gasteiger partial charge in [-0.1, -0.05) is 11.6 Å². The van der Waals surface area contributed by atoms with E-state index in [0.29, 0.717) is 5.56 Å². The van der Waals surface area contributed by atoms with Gasteiger partial charge in [0.25, 0.3) is 0 Å². The fourth-order valence-electron chi connectivity index (χ4n) is 1.46. The molecule has 1 aliphatic carbocycles. The summed E-state index contributed by atoms with van der Waals surface area (Å²) in [4.78, 5) is 0.0197. The van der Waals surface area contributed by atoms with Gasteiger partial charge >= 0.3 is 0 Å². The summed E-state index contributed by atoms with van der Waals surface area (Å²) in [5, 5.41) is 8.75. The van der Waals surface area contributed by atoms with Gasteiger partial charge in [0.2, 0.25) is 10.0 Å². The average molecular weight is 271 g/mol. The molecule has 0 aliphatic heterocycles. The molecule has 1 N–H and O–H groups in total. The lowest BCUT2D eigenvalue weighted by Crippen LogP contribution is -2.34. The van der Waals surface area contributed by atoms with Crippen LogP contribution in [0, 0.1) is 11.3 Å². The SMILES string of the molecule is CC1(NS(=O)(=O)c2ccc(C#N)cc2Cl)CC1. The van der Waals surface area contributed by atoms with Crippen LogP contribution in [0.4, 0.5) is 0 Å². The smallest absolute Gasteiger partial charge is 0.207 e. The summed E-state index contributed by atoms with van der Waals surface area (Å²) in [6.07, 6.45) is 1.67. The van der Waals surface area contributed by atoms with Crippen LogP contribution < -0.4 is 4.72 Å². The van der Waals surface area contributed by atoms with E-state index in [0.717, 1.165) is 12.8 Å². The number of hydrogen-bond donors (Lipinski definition) is 1. The summed E-state index contributed by atoms with van der Waals surface area (Å²) in [5.74, 6) is 0. The molecule has 0 saturated heterocycles. The topological polar surface area (TPSA) is 70.0 Å². The molecule has 17 heavy (non-hydrogen) atoms. The first-order chi connectivity index (χ1) is 7.86. The summed E-state index contributed by atoms with van der Waals surface area (Å²) >= 11 is 5.87. The lowest BCUT2D eigenvalue weighted by atomic mass is 10.2. The van der Waals surface area contributed by atoms with E-state index in [1.807, 2.05) is 13.0 Å². The second-order valence-electron chi connectivity index (χ2n) is 4.42. The van der Waals surface area contributed by atoms with E-state index in [9.17, 15) is 8.42 Å². The molecule has 1 saturated carbocycles. The highest BCUT2D eigenvalue weighted by Gasteiger charge is 2.41. The molecule has 6 heteroatoms. The van der Waals surface area contributed by atoms with E-state index >= 15 is 0 Å². The monoisotopic (exact) mass is 270 g/mol. The zero-order chi connectivity index (χ0) is 12.7. The normalized spacial score (nSPS) is 17.5. The number of benzene rings is 1. The van der Waals surface area contributed by atoms with Crippen LogP contribution in [0.3, 0.4) is 0 Å². The number of hydrogen-bond acceptors (Lipinski definition) is 3. The lowest BCUT2D eigenvalue weighted by Gasteiger charge is -2.13. The minimum atomic E-state index is -3.60. The Hall–Kier alpha value is -1.09. The quantitative estimate of drug-likeness (QED) is 0.914. The Morgan fingerprint density at radius 2 is 2.12 bits per heavy atom. The third-order valence-electron chi connectivity index (χ3n) is 2.73. The van der Waals surface area contributed by atoms with Crippen molar-refractivity contribution in [3.8, 4) is 6.07 Å². The molecule has 2 rings (SSSR count). The Morgan fingerprint density at radius 1 is 1.47 bits per heavy atom. The van der Waals surface area contributed by atoms with Crippen molar-refractivity contribution in [3.05, 3.63) is 28.8 Å². The van der Waals surface area contributed by atoms with Gasteiger partial charge in [0.15, 0.2) is 0 Å². The molecule has 1 aromatic carbocycles. The Morgan fingerprint density at radius 3 is 2.59 bits per heavy atom. The van der Waals surface area contributed by atoms with E-state index in [1.165, 1.54) is 18.2 Å². The Labute approximate surface area is 105 Å². The van der Waals surface area contributed by atoms with Crippen molar-refractivity contribution in [2.45, 2.75) is 30.2 Å². The van der Waals surface area contributed by atoms with Crippen molar-refractivity contribution in [1.82, 2.24) is 4.72 Å². The Balaban J connectivity index is 2.37. The van der Waals surface area contributed by atoms with Gasteiger partial charge in [0.05, 0.1) is 16.7 Å². The van der Waals surface area contributed by atoms with Crippen LogP contribution in [0.2, 0.25) is 5.02 Å². The van der Waals surface area contributed by atoms with Crippen LogP contribution in [0.1, 0.15) is 25.3 Å². The van der Waals surface area contributed by atoms with Crippen LogP contribution in [0.5, 0.6) is 0 Å². The first kappa shape index (κ1) is 12.4. The molecular weight excluding hydrogens is 260 g/mol. The van der Waals surface area contributed by atoms with E-state index in [-0.39, 0.29) is 15.5 Å². The molecule has 1 aliphatic rings. The second-order valence-corrected chi connectivity index (χ2v) is 6.48. The fourth-order valence-corrected chi connectivity index (χ4v) is 3.47. The van der Waals surface area contributed by atoms with Crippen molar-refractivity contribution >= 4 is 21.6 Å². The molecule has 0 heterocycles. The predicted octanol–water partition coefficient (Wildman–Crippen LogP) is 2.04. The van der Waals surface area contributed by atoms with Crippen LogP contribution in [0.15, 0.2) is 23.1 Å². The zero-order valence-electron chi connectivity index (χ0n) is 9.20. The first-order valence-corrected chi connectivity index (χ1v) is 6.96. The molecule has 0 aromatic heterocycles. The van der Waals surface area contributed by atoms with Gasteiger partial charge in [-0.3, -0.25) is 0 Å². The van der Waals surface area contributed by atoms with E-state index in [2.05, 4.69) is 4.72 Å². The summed E-state index contributed by atoms with van der Waals surface area (Å²) in [7, 11) is -3.60. The Bertz CT molecular complexity index is 600. The lowest BCUT2D eigenvalue weighted by molar-refractivity contribution is 0.558. The van der Waals surface area contributed by atoms with Crippen LogP contribution in [-0.2, 0) is 10.0 Å². The molecule has 0 unspecified atom stereocenters. The van der Waals surface area contributed by atoms with Crippen molar-refractivity contribution < 1.29 is 8.42 Å². The first-order valence-electron chi connectivity index (χ1n) is 5.10. The van der Waals surface area contributed by atoms with Crippen molar-refractivity contribution in [3.63, 3.8) is 0 Å². The summed E-state index contributed by atoms with van der Waals surface area (Å²) in [6.45, 7) is 1.85. The second kappa shape index (κ2) is 3.98. The summed E-state index contributed by atoms with van der Waals surface area (Å²) < 4.78 is 26.7. The molecule has 0 spiro atoms. The number of rotatable bonds is 3. The van der Waals surface area contributed by atoms with E-state index < -0.39 is 10.0 Å². The maximum atomic E-state index is 12.0. The number of nitriles is 1. The summed E-state index contributed by atoms with van der Waals surface area (Å²) in [5.41, 5.74) is 0.00219. The summed E-state index contributed by atoms with van der Waals surface area (Å²) in [6, 6.07) is 6.06. The number of halogens is 1. The fraction of sp³-hybridized carbons (Fsp3) is 0.364. The minimum absolute atomic E-state index is 0.0197. The van der Waals surface area contributed by atoms with Gasteiger partial charge in [-0.25, -0.2) is 13.1 Å². The average Bonchev–Trinajstić information content (AvgIpc) is 2.94. The van der Waals surface area contributed by atoms with Gasteiger partial charge in [-0.15, -0.1) is 0 Å². The zero-order valence-corrected chi connectivity index (χ0v) is 10.8. The predicted molar refractivity (Wildman–Crippen MR) is 64.1 cm³/mol. The largest absolute Gasteiger partial charge is 0.242 e. The highest BCUT2D eigenvalue weighted by Crippen LogP contribution is 2.36. The third kappa shape index (κ3) is 2.60. The maximum absolute atomic E-state index is 12.0. The molecule has 0 bridgehead atoms. The molecule has 0 atom stereocenters. The highest BCUT2D eigenvalue weighted by atomic mass is 35.5. The molecular formula is C11H11ClN2O2S. The van der Waals surface area contributed by atoms with Crippen LogP contribution >= 0.6 is 11.6 Å². The highest BCUT2D eigenvalue weighted by molar-refractivity contribution is 7.89. The molecule has 1 fully saturated rings. The van der Waals surface area contributed by atoms with Gasteiger partial charge in [0.1, 0.15) is 4.90 Å². The molecule has 0 amide bonds. The number of nitrogens with one attached hydrogen (secondary N) is 1. The molecule has 90 valence electrons. The Kier molecular flexibility index (Phi) is 2.90. The molecule has 4 nitrogen and oxygen atoms in total. The van der Waals surface area contributed by atoms with Gasteiger partial charge in [0, 0.05) is 5.54 Å². The van der Waals surface area contributed by atoms with Gasteiger partial charge in [-0.05, 0) is 38.0 Å². The van der Waals surface area contributed by atoms with Crippen molar-refractivity contribution in [2.24, 2.45) is 0 Å². The number of sulfonamides is 1. The van der Waals surface area contributed by atoms with Crippen molar-refractivity contribution in [2.75, 3.05) is 0 Å². The molecule has 1 aromatic rings. The molecule has 0 radical (unpaired) electrons. The minimum Gasteiger partial charge on any atom is -0.207 e. The third-order valence-corrected chi connectivity index (χ3v) is 4.85. The maximum Gasteiger partial charge on any atom is 0.242 e. The standard InChI is InChI=1S/C11H11ClN2O2S/c1-11(4-5-11)14-17(15,16)10-3-2-8(7-13)6-9(10)12/h2-3,6,14H,4-5H2,1H3. The van der Waals surface area contributed by atoms with Crippen molar-refractivity contribution in [1.29, 1.82) is 5.26 Å². The van der Waals surface area contributed by atoms with E-state index in [4.69, 9.17) is 16.9 Å². The van der Waals surface area contributed by atoms with Gasteiger partial charge in [-0.2, -0.15) is 5.26 Å². The number of nitrogens with zero attached hydrogens (tertiary/aromatic N) is 1. The van der Waals surface area contributed by atoms with Crippen LogP contribution in [0.25, 0.3) is 0 Å². The van der Waals surface area contributed by atoms with Gasteiger partial charge < -0.3 is 0 Å².